The first-order valence-electron chi connectivity index (χ1n) is 10.7. The molecule has 2 aliphatic heterocycles. The van der Waals surface area contributed by atoms with Gasteiger partial charge in [0.15, 0.2) is 0 Å². The summed E-state index contributed by atoms with van der Waals surface area (Å²) in [7, 11) is 0. The highest BCUT2D eigenvalue weighted by Gasteiger charge is 2.67. The lowest BCUT2D eigenvalue weighted by Gasteiger charge is -2.70. The van der Waals surface area contributed by atoms with E-state index in [1.807, 2.05) is 35.2 Å². The van der Waals surface area contributed by atoms with E-state index in [1.165, 1.54) is 6.07 Å². The minimum Gasteiger partial charge on any atom is -0.394 e. The normalized spacial score (nSPS) is 25.1. The van der Waals surface area contributed by atoms with Crippen molar-refractivity contribution in [2.45, 2.75) is 43.3 Å². The number of amides is 1. The molecule has 0 bridgehead atoms. The summed E-state index contributed by atoms with van der Waals surface area (Å²) in [6, 6.07) is 13.3. The largest absolute Gasteiger partial charge is 0.394 e. The molecule has 0 aromatic heterocycles. The summed E-state index contributed by atoms with van der Waals surface area (Å²) in [6.45, 7) is 1.42. The first-order chi connectivity index (χ1) is 14.5. The molecule has 0 radical (unpaired) electrons. The van der Waals surface area contributed by atoms with Gasteiger partial charge in [0.2, 0.25) is 5.91 Å². The van der Waals surface area contributed by atoms with Crippen molar-refractivity contribution in [1.82, 2.24) is 9.80 Å². The predicted octanol–water partition coefficient (Wildman–Crippen LogP) is 3.31. The van der Waals surface area contributed by atoms with Crippen LogP contribution in [0.5, 0.6) is 0 Å². The van der Waals surface area contributed by atoms with Crippen LogP contribution in [0.15, 0.2) is 48.5 Å². The highest BCUT2D eigenvalue weighted by Crippen LogP contribution is 2.54. The van der Waals surface area contributed by atoms with Gasteiger partial charge in [-0.3, -0.25) is 9.69 Å². The Morgan fingerprint density at radius 3 is 2.50 bits per heavy atom. The van der Waals surface area contributed by atoms with Crippen LogP contribution in [0.1, 0.15) is 36.3 Å². The van der Waals surface area contributed by atoms with E-state index in [0.29, 0.717) is 37.5 Å². The van der Waals surface area contributed by atoms with Gasteiger partial charge in [0, 0.05) is 37.5 Å². The van der Waals surface area contributed by atoms with Crippen molar-refractivity contribution < 1.29 is 18.7 Å². The van der Waals surface area contributed by atoms with E-state index in [1.54, 1.807) is 0 Å². The van der Waals surface area contributed by atoms with Crippen molar-refractivity contribution in [2.75, 3.05) is 19.7 Å². The fraction of sp³-hybridized carbons (Fsp3) is 0.458. The summed E-state index contributed by atoms with van der Waals surface area (Å²) < 4.78 is 27.7. The van der Waals surface area contributed by atoms with Gasteiger partial charge in [-0.25, -0.2) is 8.78 Å². The summed E-state index contributed by atoms with van der Waals surface area (Å²) >= 11 is 0. The molecule has 6 heteroatoms. The van der Waals surface area contributed by atoms with E-state index >= 15 is 0 Å². The zero-order chi connectivity index (χ0) is 20.9. The van der Waals surface area contributed by atoms with Gasteiger partial charge >= 0.3 is 0 Å². The lowest BCUT2D eigenvalue weighted by atomic mass is 9.60. The SMILES string of the molecule is O=C(CC1CC1)N1[C@H](CO)[C@H](c2ccccc2)C12CN(Cc1cc(F)ccc1F)C2. The minimum absolute atomic E-state index is 0.0421. The van der Waals surface area contributed by atoms with Crippen LogP contribution in [0, 0.1) is 17.6 Å². The van der Waals surface area contributed by atoms with Crippen LogP contribution >= 0.6 is 0 Å². The molecule has 4 nitrogen and oxygen atoms in total. The Balaban J connectivity index is 1.39. The van der Waals surface area contributed by atoms with Crippen molar-refractivity contribution >= 4 is 5.91 Å². The van der Waals surface area contributed by atoms with Crippen molar-refractivity contribution in [3.8, 4) is 0 Å². The number of carbonyl (C=O) groups is 1. The van der Waals surface area contributed by atoms with Crippen LogP contribution in [-0.4, -0.2) is 52.1 Å². The molecule has 1 N–H and O–H groups in total. The summed E-state index contributed by atoms with van der Waals surface area (Å²) in [5, 5.41) is 10.1. The number of halogens is 2. The van der Waals surface area contributed by atoms with E-state index in [-0.39, 0.29) is 30.0 Å². The first-order valence-corrected chi connectivity index (χ1v) is 10.7. The molecule has 1 aliphatic carbocycles. The number of rotatable bonds is 6. The second-order valence-corrected chi connectivity index (χ2v) is 9.03. The molecule has 158 valence electrons. The van der Waals surface area contributed by atoms with Crippen LogP contribution in [0.3, 0.4) is 0 Å². The van der Waals surface area contributed by atoms with Gasteiger partial charge in [0.25, 0.3) is 0 Å². The summed E-state index contributed by atoms with van der Waals surface area (Å²) in [6.07, 6.45) is 2.74. The van der Waals surface area contributed by atoms with Gasteiger partial charge in [-0.1, -0.05) is 30.3 Å². The van der Waals surface area contributed by atoms with E-state index < -0.39 is 11.6 Å². The van der Waals surface area contributed by atoms with Crippen LogP contribution in [0.2, 0.25) is 0 Å². The third-order valence-corrected chi connectivity index (χ3v) is 6.95. The topological polar surface area (TPSA) is 43.8 Å². The highest BCUT2D eigenvalue weighted by atomic mass is 19.1. The van der Waals surface area contributed by atoms with Gasteiger partial charge in [-0.05, 0) is 42.5 Å². The fourth-order valence-corrected chi connectivity index (χ4v) is 5.48. The Labute approximate surface area is 175 Å². The van der Waals surface area contributed by atoms with E-state index in [9.17, 15) is 18.7 Å². The van der Waals surface area contributed by atoms with E-state index in [4.69, 9.17) is 0 Å². The lowest BCUT2D eigenvalue weighted by molar-refractivity contribution is -0.202. The molecule has 2 aromatic carbocycles. The van der Waals surface area contributed by atoms with Crippen LogP contribution in [0.25, 0.3) is 0 Å². The van der Waals surface area contributed by atoms with Crippen molar-refractivity contribution in [2.24, 2.45) is 5.92 Å². The molecule has 2 atom stereocenters. The van der Waals surface area contributed by atoms with Crippen LogP contribution < -0.4 is 0 Å². The number of carbonyl (C=O) groups excluding carboxylic acids is 1. The zero-order valence-corrected chi connectivity index (χ0v) is 16.8. The molecular formula is C24H26F2N2O2. The van der Waals surface area contributed by atoms with Gasteiger partial charge in [0.1, 0.15) is 11.6 Å². The number of aliphatic hydroxyl groups excluding tert-OH is 1. The Bertz CT molecular complexity index is 941. The Hall–Kier alpha value is -2.31. The quantitative estimate of drug-likeness (QED) is 0.792. The van der Waals surface area contributed by atoms with Crippen molar-refractivity contribution in [1.29, 1.82) is 0 Å². The standard InChI is InChI=1S/C24H26F2N2O2/c25-19-8-9-20(26)18(11-19)12-27-14-24(15-27)23(17-4-2-1-3-5-17)21(13-29)28(24)22(30)10-16-6-7-16/h1-5,8-9,11,16,21,23,29H,6-7,10,12-15H2/t21-,23+/m1/s1. The number of hydrogen-bond donors (Lipinski definition) is 1. The summed E-state index contributed by atoms with van der Waals surface area (Å²) in [5.74, 6) is -0.238. The predicted molar refractivity (Wildman–Crippen MR) is 109 cm³/mol. The number of likely N-dealkylation sites (tertiary alicyclic amines) is 2. The second-order valence-electron chi connectivity index (χ2n) is 9.03. The maximum absolute atomic E-state index is 14.1. The average Bonchev–Trinajstić information content (AvgIpc) is 3.50. The molecule has 5 rings (SSSR count). The maximum atomic E-state index is 14.1. The molecule has 3 aliphatic rings. The van der Waals surface area contributed by atoms with Gasteiger partial charge in [0.05, 0.1) is 18.2 Å². The van der Waals surface area contributed by atoms with Gasteiger partial charge < -0.3 is 10.0 Å². The molecule has 2 heterocycles. The molecule has 1 amide bonds. The number of nitrogens with zero attached hydrogens (tertiary/aromatic N) is 2. The van der Waals surface area contributed by atoms with Gasteiger partial charge in [-0.2, -0.15) is 0 Å². The van der Waals surface area contributed by atoms with E-state index in [2.05, 4.69) is 4.90 Å². The number of hydrogen-bond acceptors (Lipinski definition) is 3. The molecule has 30 heavy (non-hydrogen) atoms. The summed E-state index contributed by atoms with van der Waals surface area (Å²) in [4.78, 5) is 17.0. The summed E-state index contributed by atoms with van der Waals surface area (Å²) in [5.41, 5.74) is 1.06. The van der Waals surface area contributed by atoms with Crippen LogP contribution in [-0.2, 0) is 11.3 Å². The highest BCUT2D eigenvalue weighted by molar-refractivity contribution is 5.80. The average molecular weight is 412 g/mol. The third-order valence-electron chi connectivity index (χ3n) is 6.95. The Morgan fingerprint density at radius 1 is 1.10 bits per heavy atom. The molecule has 1 saturated carbocycles. The Morgan fingerprint density at radius 2 is 1.83 bits per heavy atom. The fourth-order valence-electron chi connectivity index (χ4n) is 5.48. The molecular weight excluding hydrogens is 386 g/mol. The van der Waals surface area contributed by atoms with Crippen molar-refractivity contribution in [3.05, 3.63) is 71.3 Å². The first kappa shape index (κ1) is 19.6. The molecule has 0 unspecified atom stereocenters. The third kappa shape index (κ3) is 3.22. The number of benzene rings is 2. The van der Waals surface area contributed by atoms with Crippen molar-refractivity contribution in [3.63, 3.8) is 0 Å². The Kier molecular flexibility index (Phi) is 4.86. The monoisotopic (exact) mass is 412 g/mol. The molecule has 2 saturated heterocycles. The second kappa shape index (κ2) is 7.43. The molecule has 1 spiro atoms. The van der Waals surface area contributed by atoms with Gasteiger partial charge in [-0.15, -0.1) is 0 Å². The van der Waals surface area contributed by atoms with E-state index in [0.717, 1.165) is 30.5 Å². The maximum Gasteiger partial charge on any atom is 0.223 e. The lowest BCUT2D eigenvalue weighted by Crippen LogP contribution is -2.85. The molecule has 2 aromatic rings. The molecule has 3 fully saturated rings. The minimum atomic E-state index is -0.450. The zero-order valence-electron chi connectivity index (χ0n) is 16.8. The number of aliphatic hydroxyl groups is 1. The van der Waals surface area contributed by atoms with Crippen LogP contribution in [0.4, 0.5) is 8.78 Å². The smallest absolute Gasteiger partial charge is 0.223 e.